The van der Waals surface area contributed by atoms with E-state index in [2.05, 4.69) is 0 Å². The van der Waals surface area contributed by atoms with Gasteiger partial charge in [0.25, 0.3) is 5.91 Å². The Kier molecular flexibility index (Phi) is 3.45. The number of aryl methyl sites for hydroxylation is 2. The fraction of sp³-hybridized carbons (Fsp3) is 0.500. The molecular weight excluding hydrogens is 228 g/mol. The summed E-state index contributed by atoms with van der Waals surface area (Å²) in [5.74, 6) is 0.801. The fourth-order valence-corrected chi connectivity index (χ4v) is 2.11. The zero-order valence-electron chi connectivity index (χ0n) is 11.2. The number of anilines is 1. The van der Waals surface area contributed by atoms with E-state index >= 15 is 0 Å². The number of likely N-dealkylation sites (N-methyl/N-ethyl adjacent to an activating group) is 1. The maximum atomic E-state index is 11.9. The summed E-state index contributed by atoms with van der Waals surface area (Å²) in [4.78, 5) is 13.6. The molecule has 4 heteroatoms. The molecule has 0 radical (unpaired) electrons. The van der Waals surface area contributed by atoms with Gasteiger partial charge in [0.1, 0.15) is 5.75 Å². The van der Waals surface area contributed by atoms with Gasteiger partial charge in [0.15, 0.2) is 6.61 Å². The summed E-state index contributed by atoms with van der Waals surface area (Å²) in [6.07, 6.45) is 2.23. The minimum absolute atomic E-state index is 0.0353. The quantitative estimate of drug-likeness (QED) is 0.828. The van der Waals surface area contributed by atoms with Crippen molar-refractivity contribution >= 4 is 11.6 Å². The van der Waals surface area contributed by atoms with Crippen molar-refractivity contribution in [2.75, 3.05) is 19.4 Å². The van der Waals surface area contributed by atoms with Gasteiger partial charge < -0.3 is 15.4 Å². The number of carbonyl (C=O) groups excluding carboxylic acids is 1. The Labute approximate surface area is 108 Å². The average Bonchev–Trinajstić information content (AvgIpc) is 3.09. The van der Waals surface area contributed by atoms with Crippen molar-refractivity contribution in [2.45, 2.75) is 32.7 Å². The summed E-state index contributed by atoms with van der Waals surface area (Å²) in [6.45, 7) is 3.97. The second-order valence-electron chi connectivity index (χ2n) is 5.01. The minimum Gasteiger partial charge on any atom is -0.483 e. The Morgan fingerprint density at radius 3 is 2.44 bits per heavy atom. The highest BCUT2D eigenvalue weighted by molar-refractivity contribution is 5.78. The smallest absolute Gasteiger partial charge is 0.260 e. The number of benzene rings is 1. The summed E-state index contributed by atoms with van der Waals surface area (Å²) in [5, 5.41) is 0. The number of nitrogen functional groups attached to an aromatic ring is 1. The van der Waals surface area contributed by atoms with E-state index in [9.17, 15) is 4.79 Å². The number of carbonyl (C=O) groups is 1. The average molecular weight is 248 g/mol. The van der Waals surface area contributed by atoms with E-state index in [0.717, 1.165) is 35.4 Å². The monoisotopic (exact) mass is 248 g/mol. The number of rotatable bonds is 4. The molecule has 2 N–H and O–H groups in total. The zero-order valence-corrected chi connectivity index (χ0v) is 11.2. The molecule has 1 saturated carbocycles. The lowest BCUT2D eigenvalue weighted by Gasteiger charge is -2.18. The number of nitrogens with two attached hydrogens (primary N) is 1. The van der Waals surface area contributed by atoms with Crippen molar-refractivity contribution in [1.29, 1.82) is 0 Å². The topological polar surface area (TPSA) is 55.6 Å². The van der Waals surface area contributed by atoms with Crippen LogP contribution in [-0.4, -0.2) is 30.5 Å². The molecule has 98 valence electrons. The first-order valence-corrected chi connectivity index (χ1v) is 6.24. The maximum absolute atomic E-state index is 11.9. The van der Waals surface area contributed by atoms with E-state index in [4.69, 9.17) is 10.5 Å². The van der Waals surface area contributed by atoms with Crippen LogP contribution in [0.15, 0.2) is 12.1 Å². The van der Waals surface area contributed by atoms with Gasteiger partial charge in [-0.2, -0.15) is 0 Å². The molecule has 0 bridgehead atoms. The first-order valence-electron chi connectivity index (χ1n) is 6.24. The second-order valence-corrected chi connectivity index (χ2v) is 5.01. The van der Waals surface area contributed by atoms with Gasteiger partial charge in [-0.1, -0.05) is 0 Å². The van der Waals surface area contributed by atoms with E-state index in [-0.39, 0.29) is 12.5 Å². The molecule has 1 aliphatic rings. The third kappa shape index (κ3) is 2.75. The number of ether oxygens (including phenoxy) is 1. The van der Waals surface area contributed by atoms with Crippen LogP contribution in [0.3, 0.4) is 0 Å². The van der Waals surface area contributed by atoms with Crippen molar-refractivity contribution < 1.29 is 9.53 Å². The van der Waals surface area contributed by atoms with Crippen LogP contribution in [-0.2, 0) is 4.79 Å². The van der Waals surface area contributed by atoms with Crippen molar-refractivity contribution in [3.8, 4) is 5.75 Å². The van der Waals surface area contributed by atoms with Crippen molar-refractivity contribution in [3.05, 3.63) is 23.3 Å². The normalized spacial score (nSPS) is 14.4. The third-order valence-corrected chi connectivity index (χ3v) is 3.31. The lowest BCUT2D eigenvalue weighted by atomic mass is 10.1. The predicted molar refractivity (Wildman–Crippen MR) is 71.6 cm³/mol. The van der Waals surface area contributed by atoms with Gasteiger partial charge >= 0.3 is 0 Å². The molecule has 0 unspecified atom stereocenters. The molecular formula is C14H20N2O2. The van der Waals surface area contributed by atoms with Crippen LogP contribution in [0.5, 0.6) is 5.75 Å². The highest BCUT2D eigenvalue weighted by Crippen LogP contribution is 2.27. The lowest BCUT2D eigenvalue weighted by Crippen LogP contribution is -2.33. The highest BCUT2D eigenvalue weighted by atomic mass is 16.5. The van der Waals surface area contributed by atoms with Gasteiger partial charge in [0.2, 0.25) is 0 Å². The number of nitrogens with zero attached hydrogens (tertiary/aromatic N) is 1. The molecule has 1 aromatic carbocycles. The van der Waals surface area contributed by atoms with Gasteiger partial charge in [0, 0.05) is 18.8 Å². The Hall–Kier alpha value is -1.71. The molecule has 0 spiro atoms. The van der Waals surface area contributed by atoms with E-state index in [1.54, 1.807) is 4.90 Å². The molecule has 1 aliphatic carbocycles. The standard InChI is InChI=1S/C14H20N2O2/c1-9-6-11(15)7-10(2)14(9)18-8-13(17)16(3)12-4-5-12/h6-7,12H,4-5,8,15H2,1-3H3. The summed E-state index contributed by atoms with van der Waals surface area (Å²) in [7, 11) is 1.84. The molecule has 0 atom stereocenters. The van der Waals surface area contributed by atoms with Gasteiger partial charge in [-0.3, -0.25) is 4.79 Å². The largest absolute Gasteiger partial charge is 0.483 e. The summed E-state index contributed by atoms with van der Waals surface area (Å²) >= 11 is 0. The maximum Gasteiger partial charge on any atom is 0.260 e. The van der Waals surface area contributed by atoms with Crippen molar-refractivity contribution in [2.24, 2.45) is 0 Å². The van der Waals surface area contributed by atoms with Crippen LogP contribution < -0.4 is 10.5 Å². The molecule has 1 aromatic rings. The molecule has 18 heavy (non-hydrogen) atoms. The first-order chi connectivity index (χ1) is 8.49. The van der Waals surface area contributed by atoms with Gasteiger partial charge in [-0.15, -0.1) is 0 Å². The molecule has 1 fully saturated rings. The van der Waals surface area contributed by atoms with Crippen molar-refractivity contribution in [1.82, 2.24) is 4.90 Å². The van der Waals surface area contributed by atoms with Gasteiger partial charge in [0.05, 0.1) is 0 Å². The zero-order chi connectivity index (χ0) is 13.3. The summed E-state index contributed by atoms with van der Waals surface area (Å²) in [6, 6.07) is 4.14. The van der Waals surface area contributed by atoms with Crippen LogP contribution in [0.2, 0.25) is 0 Å². The molecule has 1 amide bonds. The predicted octanol–water partition coefficient (Wildman–Crippen LogP) is 1.89. The molecule has 4 nitrogen and oxygen atoms in total. The minimum atomic E-state index is 0.0353. The second kappa shape index (κ2) is 4.88. The Bertz CT molecular complexity index is 444. The number of hydrogen-bond donors (Lipinski definition) is 1. The number of amides is 1. The fourth-order valence-electron chi connectivity index (χ4n) is 2.11. The Morgan fingerprint density at radius 1 is 1.39 bits per heavy atom. The van der Waals surface area contributed by atoms with Crippen LogP contribution in [0.4, 0.5) is 5.69 Å². The van der Waals surface area contributed by atoms with Crippen LogP contribution >= 0.6 is 0 Å². The molecule has 0 aromatic heterocycles. The number of hydrogen-bond acceptors (Lipinski definition) is 3. The lowest BCUT2D eigenvalue weighted by molar-refractivity contribution is -0.132. The van der Waals surface area contributed by atoms with Crippen LogP contribution in [0.25, 0.3) is 0 Å². The van der Waals surface area contributed by atoms with Crippen LogP contribution in [0.1, 0.15) is 24.0 Å². The Morgan fingerprint density at radius 2 is 1.94 bits per heavy atom. The molecule has 2 rings (SSSR count). The Balaban J connectivity index is 1.99. The SMILES string of the molecule is Cc1cc(N)cc(C)c1OCC(=O)N(C)C1CC1. The summed E-state index contributed by atoms with van der Waals surface area (Å²) < 4.78 is 5.64. The highest BCUT2D eigenvalue weighted by Gasteiger charge is 2.29. The summed E-state index contributed by atoms with van der Waals surface area (Å²) in [5.41, 5.74) is 8.40. The molecule has 0 aliphatic heterocycles. The van der Waals surface area contributed by atoms with E-state index in [1.165, 1.54) is 0 Å². The van der Waals surface area contributed by atoms with Gasteiger partial charge in [-0.05, 0) is 49.9 Å². The molecule has 0 saturated heterocycles. The van der Waals surface area contributed by atoms with E-state index in [0.29, 0.717) is 6.04 Å². The van der Waals surface area contributed by atoms with Gasteiger partial charge in [-0.25, -0.2) is 0 Å². The third-order valence-electron chi connectivity index (χ3n) is 3.31. The van der Waals surface area contributed by atoms with Crippen LogP contribution in [0, 0.1) is 13.8 Å². The first kappa shape index (κ1) is 12.7. The molecule has 0 heterocycles. The van der Waals surface area contributed by atoms with Crippen molar-refractivity contribution in [3.63, 3.8) is 0 Å². The van der Waals surface area contributed by atoms with E-state index in [1.807, 2.05) is 33.0 Å². The van der Waals surface area contributed by atoms with E-state index < -0.39 is 0 Å².